The quantitative estimate of drug-likeness (QED) is 0.270. The molecule has 0 aromatic carbocycles. The Morgan fingerprint density at radius 1 is 1.27 bits per heavy atom. The minimum Gasteiger partial charge on any atom is -0.386 e. The monoisotopic (exact) mass is 579 g/mol. The van der Waals surface area contributed by atoms with Crippen molar-refractivity contribution in [2.24, 2.45) is 0 Å². The van der Waals surface area contributed by atoms with Gasteiger partial charge in [0.15, 0.2) is 10.8 Å². The van der Waals surface area contributed by atoms with E-state index in [4.69, 9.17) is 0 Å². The number of alkyl halides is 1. The number of nitrogens with zero attached hydrogens (tertiary/aromatic N) is 7. The maximum atomic E-state index is 13.0. The molecule has 1 aliphatic carbocycles. The number of hydrogen-bond donors (Lipinski definition) is 3. The lowest BCUT2D eigenvalue weighted by Gasteiger charge is -2.46. The van der Waals surface area contributed by atoms with E-state index < -0.39 is 11.3 Å². The second-order valence-corrected chi connectivity index (χ2v) is 11.6. The molecule has 1 amide bonds. The summed E-state index contributed by atoms with van der Waals surface area (Å²) in [5.41, 5.74) is 1.27. The van der Waals surface area contributed by atoms with Crippen LogP contribution in [0.2, 0.25) is 0 Å². The average molecular weight is 580 g/mol. The van der Waals surface area contributed by atoms with Crippen LogP contribution in [0.15, 0.2) is 36.5 Å². The number of hydrogen-bond acceptors (Lipinski definition) is 9. The SMILES string of the molecule is C#C.CC1(O)CN(c2cnc(C(=O)Nc3csc(-c4ncn[nH]4)n3)cc2-n2cnc(C3CC3)c2)C1.CCC(C)(C)F. The summed E-state index contributed by atoms with van der Waals surface area (Å²) in [6, 6.07) is 1.75. The Morgan fingerprint density at radius 3 is 2.56 bits per heavy atom. The smallest absolute Gasteiger partial charge is 0.275 e. The molecule has 2 aliphatic rings. The molecule has 0 radical (unpaired) electrons. The van der Waals surface area contributed by atoms with E-state index in [1.54, 1.807) is 37.8 Å². The van der Waals surface area contributed by atoms with Gasteiger partial charge in [-0.2, -0.15) is 5.10 Å². The van der Waals surface area contributed by atoms with Gasteiger partial charge in [-0.25, -0.2) is 24.3 Å². The Bertz CT molecular complexity index is 1480. The van der Waals surface area contributed by atoms with Crippen molar-refractivity contribution in [1.82, 2.24) is 34.7 Å². The first-order valence-corrected chi connectivity index (χ1v) is 14.1. The van der Waals surface area contributed by atoms with Crippen LogP contribution in [-0.2, 0) is 0 Å². The molecular weight excluding hydrogens is 545 g/mol. The van der Waals surface area contributed by atoms with Crippen LogP contribution in [0.25, 0.3) is 16.5 Å². The molecule has 4 aromatic heterocycles. The van der Waals surface area contributed by atoms with Crippen molar-refractivity contribution in [3.05, 3.63) is 47.9 Å². The number of aromatic nitrogens is 7. The summed E-state index contributed by atoms with van der Waals surface area (Å²) in [5, 5.41) is 22.0. The second-order valence-electron chi connectivity index (χ2n) is 10.8. The van der Waals surface area contributed by atoms with Crippen molar-refractivity contribution in [3.63, 3.8) is 0 Å². The third-order valence-corrected chi connectivity index (χ3v) is 7.43. The fourth-order valence-electron chi connectivity index (χ4n) is 3.95. The van der Waals surface area contributed by atoms with E-state index in [1.165, 1.54) is 17.7 Å². The Morgan fingerprint density at radius 2 is 1.98 bits per heavy atom. The number of aromatic amines is 1. The van der Waals surface area contributed by atoms with Gasteiger partial charge in [-0.1, -0.05) is 6.92 Å². The van der Waals surface area contributed by atoms with Gasteiger partial charge in [-0.05, 0) is 46.1 Å². The van der Waals surface area contributed by atoms with Crippen LogP contribution < -0.4 is 10.2 Å². The average Bonchev–Trinajstić information content (AvgIpc) is 3.31. The number of β-amino-alcohol motifs (C(OH)–C–C–N with tert-alkyl or cyclic N) is 1. The highest BCUT2D eigenvalue weighted by molar-refractivity contribution is 7.13. The van der Waals surface area contributed by atoms with Gasteiger partial charge >= 0.3 is 0 Å². The Kier molecular flexibility index (Phi) is 8.84. The molecule has 11 nitrogen and oxygen atoms in total. The number of pyridine rings is 1. The third-order valence-electron chi connectivity index (χ3n) is 6.58. The van der Waals surface area contributed by atoms with Gasteiger partial charge in [-0.15, -0.1) is 24.2 Å². The van der Waals surface area contributed by atoms with Gasteiger partial charge in [0.05, 0.1) is 35.2 Å². The number of thiazole rings is 1. The van der Waals surface area contributed by atoms with Crippen molar-refractivity contribution in [3.8, 4) is 29.4 Å². The van der Waals surface area contributed by atoms with Crippen LogP contribution in [-0.4, -0.2) is 70.1 Å². The second kappa shape index (κ2) is 12.2. The summed E-state index contributed by atoms with van der Waals surface area (Å²) in [6.07, 6.45) is 17.8. The first-order valence-electron chi connectivity index (χ1n) is 13.2. The minimum absolute atomic E-state index is 0.261. The van der Waals surface area contributed by atoms with E-state index in [0.717, 1.165) is 29.9 Å². The molecule has 1 saturated carbocycles. The number of carbonyl (C=O) groups excluding carboxylic acids is 1. The Balaban J connectivity index is 0.000000433. The number of rotatable bonds is 7. The molecule has 5 heterocycles. The van der Waals surface area contributed by atoms with Gasteiger partial charge in [0.2, 0.25) is 0 Å². The molecule has 2 fully saturated rings. The fourth-order valence-corrected chi connectivity index (χ4v) is 4.64. The summed E-state index contributed by atoms with van der Waals surface area (Å²) in [4.78, 5) is 32.4. The van der Waals surface area contributed by atoms with Crippen LogP contribution in [0.3, 0.4) is 0 Å². The normalized spacial score (nSPS) is 15.6. The van der Waals surface area contributed by atoms with Crippen LogP contribution >= 0.6 is 11.3 Å². The maximum Gasteiger partial charge on any atom is 0.275 e. The lowest BCUT2D eigenvalue weighted by molar-refractivity contribution is 0.0310. The molecule has 0 atom stereocenters. The van der Waals surface area contributed by atoms with Crippen molar-refractivity contribution < 1.29 is 14.3 Å². The van der Waals surface area contributed by atoms with Crippen molar-refractivity contribution in [1.29, 1.82) is 0 Å². The van der Waals surface area contributed by atoms with Gasteiger partial charge in [0, 0.05) is 30.6 Å². The number of nitrogens with one attached hydrogen (secondary N) is 2. The molecule has 0 bridgehead atoms. The van der Waals surface area contributed by atoms with Crippen LogP contribution in [0.4, 0.5) is 15.9 Å². The molecule has 0 unspecified atom stereocenters. The van der Waals surface area contributed by atoms with Crippen molar-refractivity contribution in [2.75, 3.05) is 23.3 Å². The Hall–Kier alpha value is -4.15. The van der Waals surface area contributed by atoms with E-state index in [-0.39, 0.29) is 11.6 Å². The lowest BCUT2D eigenvalue weighted by atomic mass is 9.96. The zero-order chi connectivity index (χ0) is 29.8. The topological polar surface area (TPSA) is 138 Å². The first-order chi connectivity index (χ1) is 19.5. The van der Waals surface area contributed by atoms with E-state index in [9.17, 15) is 14.3 Å². The van der Waals surface area contributed by atoms with Gasteiger partial charge in [0.25, 0.3) is 5.91 Å². The fraction of sp³-hybridized carbons (Fsp3) is 0.429. The molecule has 0 spiro atoms. The highest BCUT2D eigenvalue weighted by atomic mass is 32.1. The third kappa shape index (κ3) is 7.53. The van der Waals surface area contributed by atoms with E-state index >= 15 is 0 Å². The highest BCUT2D eigenvalue weighted by Gasteiger charge is 2.38. The number of H-pyrrole nitrogens is 1. The minimum atomic E-state index is -0.958. The molecule has 13 heteroatoms. The zero-order valence-electron chi connectivity index (χ0n) is 23.5. The molecule has 4 aromatic rings. The van der Waals surface area contributed by atoms with Gasteiger partial charge in [0.1, 0.15) is 23.5 Å². The van der Waals surface area contributed by atoms with Crippen LogP contribution in [0.1, 0.15) is 69.1 Å². The summed E-state index contributed by atoms with van der Waals surface area (Å²) < 4.78 is 14.0. The Labute approximate surface area is 242 Å². The van der Waals surface area contributed by atoms with Crippen LogP contribution in [0, 0.1) is 12.8 Å². The standard InChI is InChI=1S/C21H21N9O2S.C5H11F.C2H2/c1-21(32)8-30(9-21)16-5-22-13(4-15(16)29-6-14(24-11-29)12-2-3-12)19(31)26-17-7-33-20(27-17)18-23-10-25-28-18;1-4-5(2,3)6;1-2/h4-7,10-12,32H,2-3,8-9H2,1H3,(H,26,31)(H,23,25,28);4H2,1-3H3;1-2H. The number of amides is 1. The maximum absolute atomic E-state index is 13.0. The predicted octanol–water partition coefficient (Wildman–Crippen LogP) is 4.60. The molecular formula is C28H34FN9O2S. The summed E-state index contributed by atoms with van der Waals surface area (Å²) in [7, 11) is 0. The number of anilines is 2. The van der Waals surface area contributed by atoms with E-state index in [0.29, 0.717) is 42.1 Å². The van der Waals surface area contributed by atoms with E-state index in [2.05, 4.69) is 48.3 Å². The molecule has 3 N–H and O–H groups in total. The summed E-state index contributed by atoms with van der Waals surface area (Å²) in [5.74, 6) is 1.12. The van der Waals surface area contributed by atoms with Crippen molar-refractivity contribution in [2.45, 2.75) is 64.1 Å². The predicted molar refractivity (Wildman–Crippen MR) is 157 cm³/mol. The van der Waals surface area contributed by atoms with E-state index in [1.807, 2.05) is 29.5 Å². The zero-order valence-corrected chi connectivity index (χ0v) is 24.3. The molecule has 1 aliphatic heterocycles. The number of imidazole rings is 1. The first kappa shape index (κ1) is 29.8. The number of terminal acetylenes is 1. The number of aliphatic hydroxyl groups is 1. The summed E-state index contributed by atoms with van der Waals surface area (Å²) >= 11 is 1.35. The molecule has 41 heavy (non-hydrogen) atoms. The molecule has 6 rings (SSSR count). The molecule has 1 saturated heterocycles. The summed E-state index contributed by atoms with van der Waals surface area (Å²) in [6.45, 7) is 7.79. The van der Waals surface area contributed by atoms with Crippen molar-refractivity contribution >= 4 is 28.7 Å². The number of carbonyl (C=O) groups is 1. The molecule has 216 valence electrons. The van der Waals surface area contributed by atoms with Gasteiger partial charge in [-0.3, -0.25) is 9.89 Å². The largest absolute Gasteiger partial charge is 0.386 e. The lowest BCUT2D eigenvalue weighted by Crippen LogP contribution is -2.60. The van der Waals surface area contributed by atoms with Crippen LogP contribution in [0.5, 0.6) is 0 Å². The highest BCUT2D eigenvalue weighted by Crippen LogP contribution is 2.40. The number of halogens is 1. The van der Waals surface area contributed by atoms with Gasteiger partial charge < -0.3 is 19.9 Å².